The molecule has 0 atom stereocenters. The summed E-state index contributed by atoms with van der Waals surface area (Å²) in [6.45, 7) is 0. The van der Waals surface area contributed by atoms with Crippen LogP contribution in [0.25, 0.3) is 11.1 Å². The van der Waals surface area contributed by atoms with Gasteiger partial charge in [-0.05, 0) is 12.1 Å². The van der Waals surface area contributed by atoms with Crippen molar-refractivity contribution in [2.75, 3.05) is 0 Å². The minimum Gasteiger partial charge on any atom is -0.443 e. The second-order valence-electron chi connectivity index (χ2n) is 1.82. The minimum absolute atomic E-state index is 0. The Morgan fingerprint density at radius 1 is 1.20 bits per heavy atom. The first-order valence-corrected chi connectivity index (χ1v) is 2.75. The molecule has 0 aliphatic rings. The summed E-state index contributed by atoms with van der Waals surface area (Å²) in [6.07, 6.45) is 1.45. The number of hydrogen-bond donors (Lipinski definition) is 0. The molecule has 0 fully saturated rings. The van der Waals surface area contributed by atoms with E-state index in [2.05, 4.69) is 4.98 Å². The van der Waals surface area contributed by atoms with Gasteiger partial charge in [0.2, 0.25) is 0 Å². The molecule has 2 nitrogen and oxygen atoms in total. The maximum Gasteiger partial charge on any atom is 0.181 e. The Morgan fingerprint density at radius 2 is 2.00 bits per heavy atom. The molecule has 2 rings (SSSR count). The average molecular weight is 330 g/mol. The zero-order valence-corrected chi connectivity index (χ0v) is 9.13. The van der Waals surface area contributed by atoms with Gasteiger partial charge in [0.1, 0.15) is 5.52 Å². The van der Waals surface area contributed by atoms with E-state index in [0.717, 1.165) is 11.1 Å². The van der Waals surface area contributed by atoms with Crippen molar-refractivity contribution < 1.29 is 4.42 Å². The first-order valence-electron chi connectivity index (χ1n) is 2.75. The molecule has 52 valence electrons. The van der Waals surface area contributed by atoms with Gasteiger partial charge in [0.25, 0.3) is 0 Å². The SMILES string of the molecule is [PoH2].c1ccc2ocnc2c1. The van der Waals surface area contributed by atoms with E-state index >= 15 is 0 Å². The summed E-state index contributed by atoms with van der Waals surface area (Å²) in [6, 6.07) is 7.67. The molecule has 1 aromatic carbocycles. The van der Waals surface area contributed by atoms with E-state index < -0.39 is 0 Å². The quantitative estimate of drug-likeness (QED) is 0.718. The van der Waals surface area contributed by atoms with Crippen LogP contribution < -0.4 is 0 Å². The Hall–Kier alpha value is -0.414. The average Bonchev–Trinajstić information content (AvgIpc) is 2.33. The van der Waals surface area contributed by atoms with Gasteiger partial charge in [-0.15, -0.1) is 0 Å². The molecule has 0 saturated heterocycles. The number of benzene rings is 1. The molecule has 0 N–H and O–H groups in total. The van der Waals surface area contributed by atoms with Gasteiger partial charge in [-0.25, -0.2) is 4.98 Å². The summed E-state index contributed by atoms with van der Waals surface area (Å²) in [5.74, 6) is 0. The van der Waals surface area contributed by atoms with E-state index in [1.165, 1.54) is 6.39 Å². The van der Waals surface area contributed by atoms with E-state index in [4.69, 9.17) is 4.42 Å². The number of oxazole rings is 1. The largest absolute Gasteiger partial charge is 0.443 e. The number of para-hydroxylation sites is 2. The summed E-state index contributed by atoms with van der Waals surface area (Å²) in [4.78, 5) is 3.95. The molecule has 1 aromatic heterocycles. The molecule has 0 aliphatic heterocycles. The monoisotopic (exact) mass is 330 g/mol. The molecule has 0 radical (unpaired) electrons. The zero-order chi connectivity index (χ0) is 6.10. The standard InChI is InChI=1S/C7H5NO.Po.2H/c1-2-4-7-6(3-1)8-5-9-7;;;/h1-5H;;;. The van der Waals surface area contributed by atoms with Crippen molar-refractivity contribution in [1.29, 1.82) is 0 Å². The zero-order valence-electron chi connectivity index (χ0n) is 5.24. The Balaban J connectivity index is 0.000000500. The molecule has 3 heteroatoms. The topological polar surface area (TPSA) is 26.0 Å². The van der Waals surface area contributed by atoms with Crippen LogP contribution in [-0.4, -0.2) is 31.6 Å². The molecule has 1 heterocycles. The van der Waals surface area contributed by atoms with Crippen LogP contribution in [0, 0.1) is 0 Å². The van der Waals surface area contributed by atoms with E-state index in [9.17, 15) is 0 Å². The van der Waals surface area contributed by atoms with Crippen LogP contribution in [0.3, 0.4) is 0 Å². The fraction of sp³-hybridized carbons (Fsp3) is 0. The summed E-state index contributed by atoms with van der Waals surface area (Å²) in [5.41, 5.74) is 1.76. The molecule has 0 amide bonds. The Morgan fingerprint density at radius 3 is 2.80 bits per heavy atom. The Bertz CT molecular complexity index is 288. The number of hydrogen-bond acceptors (Lipinski definition) is 2. The maximum atomic E-state index is 5.01. The molecule has 0 saturated carbocycles. The molecule has 2 aromatic rings. The van der Waals surface area contributed by atoms with Crippen molar-refractivity contribution in [2.24, 2.45) is 0 Å². The van der Waals surface area contributed by atoms with Crippen molar-refractivity contribution in [3.8, 4) is 0 Å². The van der Waals surface area contributed by atoms with E-state index in [1.807, 2.05) is 24.3 Å². The van der Waals surface area contributed by atoms with Crippen molar-refractivity contribution in [3.63, 3.8) is 0 Å². The Kier molecular flexibility index (Phi) is 2.40. The van der Waals surface area contributed by atoms with Crippen LogP contribution >= 0.6 is 0 Å². The van der Waals surface area contributed by atoms with E-state index in [1.54, 1.807) is 0 Å². The van der Waals surface area contributed by atoms with Crippen LogP contribution in [0.15, 0.2) is 35.1 Å². The first-order chi connectivity index (χ1) is 4.47. The van der Waals surface area contributed by atoms with Crippen LogP contribution in [-0.2, 0) is 0 Å². The summed E-state index contributed by atoms with van der Waals surface area (Å²) < 4.78 is 5.01. The van der Waals surface area contributed by atoms with Crippen molar-refractivity contribution in [2.45, 2.75) is 0 Å². The summed E-state index contributed by atoms with van der Waals surface area (Å²) in [5, 5.41) is 0. The van der Waals surface area contributed by atoms with Gasteiger partial charge in [-0.2, -0.15) is 0 Å². The van der Waals surface area contributed by atoms with Crippen molar-refractivity contribution in [1.82, 2.24) is 4.98 Å². The van der Waals surface area contributed by atoms with Crippen LogP contribution in [0.2, 0.25) is 0 Å². The molecule has 10 heavy (non-hydrogen) atoms. The van der Waals surface area contributed by atoms with Crippen LogP contribution in [0.4, 0.5) is 0 Å². The molecule has 0 bridgehead atoms. The molecule has 0 unspecified atom stereocenters. The van der Waals surface area contributed by atoms with Crippen LogP contribution in [0.1, 0.15) is 0 Å². The van der Waals surface area contributed by atoms with Crippen LogP contribution in [0.5, 0.6) is 0 Å². The number of aromatic nitrogens is 1. The summed E-state index contributed by atoms with van der Waals surface area (Å²) in [7, 11) is 0. The van der Waals surface area contributed by atoms with E-state index in [0.29, 0.717) is 0 Å². The maximum absolute atomic E-state index is 5.01. The van der Waals surface area contributed by atoms with Gasteiger partial charge in [-0.3, -0.25) is 0 Å². The predicted molar refractivity (Wildman–Crippen MR) is 42.6 cm³/mol. The smallest absolute Gasteiger partial charge is 0.181 e. The number of nitrogens with zero attached hydrogens (tertiary/aromatic N) is 1. The third-order valence-corrected chi connectivity index (χ3v) is 1.24. The van der Waals surface area contributed by atoms with E-state index in [-0.39, 0.29) is 26.6 Å². The molecule has 0 spiro atoms. The van der Waals surface area contributed by atoms with Gasteiger partial charge < -0.3 is 4.42 Å². The summed E-state index contributed by atoms with van der Waals surface area (Å²) >= 11 is 0. The predicted octanol–water partition coefficient (Wildman–Crippen LogP) is 0.912. The second-order valence-corrected chi connectivity index (χ2v) is 1.82. The van der Waals surface area contributed by atoms with Gasteiger partial charge in [-0.1, -0.05) is 12.1 Å². The Labute approximate surface area is 77.7 Å². The molecule has 0 aliphatic carbocycles. The van der Waals surface area contributed by atoms with Gasteiger partial charge in [0.05, 0.1) is 0 Å². The number of fused-ring (bicyclic) bond motifs is 1. The third kappa shape index (κ3) is 1.20. The molecular formula is C7H7NOPo. The minimum atomic E-state index is 0. The van der Waals surface area contributed by atoms with Crippen molar-refractivity contribution in [3.05, 3.63) is 30.7 Å². The first kappa shape index (κ1) is 7.69. The van der Waals surface area contributed by atoms with Gasteiger partial charge in [0, 0.05) is 0 Å². The number of rotatable bonds is 0. The normalized spacial score (nSPS) is 9.20. The third-order valence-electron chi connectivity index (χ3n) is 1.24. The second kappa shape index (κ2) is 3.12. The fourth-order valence-corrected chi connectivity index (χ4v) is 0.803. The van der Waals surface area contributed by atoms with Crippen molar-refractivity contribution >= 4 is 37.7 Å². The van der Waals surface area contributed by atoms with Gasteiger partial charge >= 0.3 is 26.6 Å². The van der Waals surface area contributed by atoms with Gasteiger partial charge in [0.15, 0.2) is 12.0 Å². The fourth-order valence-electron chi connectivity index (χ4n) is 0.803. The molecular weight excluding hydrogens is 323 g/mol.